The fourth-order valence-corrected chi connectivity index (χ4v) is 1.80. The molecule has 0 aromatic carbocycles. The van der Waals surface area contributed by atoms with Crippen molar-refractivity contribution in [2.24, 2.45) is 11.0 Å². The first-order valence-corrected chi connectivity index (χ1v) is 5.78. The highest BCUT2D eigenvalue weighted by Gasteiger charge is 2.31. The number of nitrogens with zero attached hydrogens (tertiary/aromatic N) is 3. The van der Waals surface area contributed by atoms with Gasteiger partial charge in [0, 0.05) is 30.5 Å². The number of rotatable bonds is 7. The van der Waals surface area contributed by atoms with Gasteiger partial charge in [0.1, 0.15) is 6.04 Å². The smallest absolute Gasteiger partial charge is 0.323 e. The Hall–Kier alpha value is -1.30. The van der Waals surface area contributed by atoms with Gasteiger partial charge in [0.15, 0.2) is 0 Å². The molecule has 1 N–H and O–H groups in total. The van der Waals surface area contributed by atoms with Crippen molar-refractivity contribution in [1.29, 1.82) is 0 Å². The summed E-state index contributed by atoms with van der Waals surface area (Å²) in [7, 11) is 0. The topological polar surface area (TPSA) is 96.3 Å². The molecule has 0 spiro atoms. The molecule has 1 rings (SSSR count). The maximum absolute atomic E-state index is 11.8. The van der Waals surface area contributed by atoms with Crippen LogP contribution in [-0.4, -0.2) is 44.9 Å². The predicted molar refractivity (Wildman–Crippen MR) is 61.4 cm³/mol. The molecule has 0 radical (unpaired) electrons. The molecule has 1 aliphatic rings. The number of esters is 1. The van der Waals surface area contributed by atoms with Gasteiger partial charge >= 0.3 is 5.97 Å². The predicted octanol–water partition coefficient (Wildman–Crippen LogP) is 0.854. The van der Waals surface area contributed by atoms with Gasteiger partial charge in [-0.05, 0) is 18.9 Å². The Bertz CT molecular complexity index is 285. The van der Waals surface area contributed by atoms with E-state index in [0.29, 0.717) is 32.9 Å². The van der Waals surface area contributed by atoms with E-state index in [4.69, 9.17) is 15.0 Å². The Balaban J connectivity index is 2.45. The molecule has 0 bridgehead atoms. The quantitative estimate of drug-likeness (QED) is 0.235. The van der Waals surface area contributed by atoms with Crippen LogP contribution in [0.25, 0.3) is 10.4 Å². The summed E-state index contributed by atoms with van der Waals surface area (Å²) in [4.78, 5) is 14.4. The number of ether oxygens (including phenoxy) is 2. The highest BCUT2D eigenvalue weighted by atomic mass is 16.5. The standard InChI is InChI=1S/C10H18N4O3/c1-2-17-10(15)9(8-3-6-16-7-8)12-4-5-13-14-11/h8-9,12H,2-7H2,1H3. The Labute approximate surface area is 100 Å². The molecule has 0 aliphatic carbocycles. The molecule has 2 atom stereocenters. The fraction of sp³-hybridized carbons (Fsp3) is 0.900. The summed E-state index contributed by atoms with van der Waals surface area (Å²) in [5, 5.41) is 6.47. The van der Waals surface area contributed by atoms with E-state index in [1.165, 1.54) is 0 Å². The van der Waals surface area contributed by atoms with Gasteiger partial charge in [0.25, 0.3) is 0 Å². The van der Waals surface area contributed by atoms with Crippen LogP contribution in [0.2, 0.25) is 0 Å². The minimum Gasteiger partial charge on any atom is -0.465 e. The summed E-state index contributed by atoms with van der Waals surface area (Å²) < 4.78 is 10.3. The van der Waals surface area contributed by atoms with Crippen LogP contribution in [0.5, 0.6) is 0 Å². The molecule has 7 heteroatoms. The summed E-state index contributed by atoms with van der Waals surface area (Å²) in [6.07, 6.45) is 0.845. The van der Waals surface area contributed by atoms with Crippen LogP contribution in [0.15, 0.2) is 5.11 Å². The van der Waals surface area contributed by atoms with E-state index in [1.807, 2.05) is 0 Å². The zero-order valence-corrected chi connectivity index (χ0v) is 9.96. The van der Waals surface area contributed by atoms with Crippen molar-refractivity contribution in [1.82, 2.24) is 5.32 Å². The number of carbonyl (C=O) groups is 1. The minimum atomic E-state index is -0.369. The molecule has 0 amide bonds. The first kappa shape index (κ1) is 13.8. The molecule has 0 aromatic heterocycles. The number of hydrogen-bond donors (Lipinski definition) is 1. The van der Waals surface area contributed by atoms with E-state index >= 15 is 0 Å². The lowest BCUT2D eigenvalue weighted by molar-refractivity contribution is -0.147. The SMILES string of the molecule is CCOC(=O)C(NCCN=[N+]=[N-])C1CCOC1. The van der Waals surface area contributed by atoms with Crippen molar-refractivity contribution >= 4 is 5.97 Å². The average Bonchev–Trinajstić information content (AvgIpc) is 2.83. The van der Waals surface area contributed by atoms with E-state index in [2.05, 4.69) is 15.3 Å². The van der Waals surface area contributed by atoms with Gasteiger partial charge in [-0.15, -0.1) is 0 Å². The van der Waals surface area contributed by atoms with Crippen molar-refractivity contribution < 1.29 is 14.3 Å². The highest BCUT2D eigenvalue weighted by molar-refractivity contribution is 5.76. The Morgan fingerprint density at radius 2 is 2.59 bits per heavy atom. The molecule has 96 valence electrons. The minimum absolute atomic E-state index is 0.139. The Kier molecular flexibility index (Phi) is 6.39. The average molecular weight is 242 g/mol. The molecule has 1 fully saturated rings. The van der Waals surface area contributed by atoms with E-state index in [-0.39, 0.29) is 17.9 Å². The normalized spacial score (nSPS) is 20.6. The third-order valence-electron chi connectivity index (χ3n) is 2.62. The zero-order valence-electron chi connectivity index (χ0n) is 9.96. The van der Waals surface area contributed by atoms with Crippen molar-refractivity contribution in [3.05, 3.63) is 10.4 Å². The largest absolute Gasteiger partial charge is 0.465 e. The highest BCUT2D eigenvalue weighted by Crippen LogP contribution is 2.17. The van der Waals surface area contributed by atoms with E-state index in [9.17, 15) is 4.79 Å². The van der Waals surface area contributed by atoms with Crippen molar-refractivity contribution in [2.75, 3.05) is 32.9 Å². The zero-order chi connectivity index (χ0) is 12.5. The third kappa shape index (κ3) is 4.60. The second kappa shape index (κ2) is 7.89. The summed E-state index contributed by atoms with van der Waals surface area (Å²) in [6, 6.07) is -0.369. The van der Waals surface area contributed by atoms with Crippen molar-refractivity contribution in [3.63, 3.8) is 0 Å². The van der Waals surface area contributed by atoms with Crippen molar-refractivity contribution in [3.8, 4) is 0 Å². The van der Waals surface area contributed by atoms with Gasteiger partial charge in [-0.25, -0.2) is 0 Å². The number of nitrogens with one attached hydrogen (secondary N) is 1. The molecule has 1 heterocycles. The van der Waals surface area contributed by atoms with Crippen LogP contribution in [0, 0.1) is 5.92 Å². The molecule has 2 unspecified atom stereocenters. The maximum Gasteiger partial charge on any atom is 0.323 e. The summed E-state index contributed by atoms with van der Waals surface area (Å²) in [5.74, 6) is -0.121. The lowest BCUT2D eigenvalue weighted by Gasteiger charge is -2.21. The van der Waals surface area contributed by atoms with E-state index < -0.39 is 0 Å². The van der Waals surface area contributed by atoms with Crippen LogP contribution in [-0.2, 0) is 14.3 Å². The number of carbonyl (C=O) groups excluding carboxylic acids is 1. The van der Waals surface area contributed by atoms with Gasteiger partial charge in [-0.2, -0.15) is 0 Å². The van der Waals surface area contributed by atoms with Gasteiger partial charge in [0.05, 0.1) is 13.2 Å². The van der Waals surface area contributed by atoms with Crippen LogP contribution < -0.4 is 5.32 Å². The second-order valence-corrected chi connectivity index (χ2v) is 3.76. The molecule has 1 aliphatic heterocycles. The van der Waals surface area contributed by atoms with Gasteiger partial charge in [0.2, 0.25) is 0 Å². The number of hydrogen-bond acceptors (Lipinski definition) is 5. The molecule has 0 aromatic rings. The van der Waals surface area contributed by atoms with Crippen LogP contribution in [0.1, 0.15) is 13.3 Å². The van der Waals surface area contributed by atoms with Gasteiger partial charge in [-0.1, -0.05) is 5.11 Å². The first-order valence-electron chi connectivity index (χ1n) is 5.78. The molecule has 17 heavy (non-hydrogen) atoms. The molecule has 7 nitrogen and oxygen atoms in total. The number of azide groups is 1. The fourth-order valence-electron chi connectivity index (χ4n) is 1.80. The summed E-state index contributed by atoms with van der Waals surface area (Å²) >= 11 is 0. The monoisotopic (exact) mass is 242 g/mol. The lowest BCUT2D eigenvalue weighted by Crippen LogP contribution is -2.45. The Morgan fingerprint density at radius 3 is 3.18 bits per heavy atom. The van der Waals surface area contributed by atoms with Crippen LogP contribution in [0.3, 0.4) is 0 Å². The summed E-state index contributed by atoms with van der Waals surface area (Å²) in [5.41, 5.74) is 8.16. The molecular weight excluding hydrogens is 224 g/mol. The molecule has 0 saturated carbocycles. The maximum atomic E-state index is 11.8. The third-order valence-corrected chi connectivity index (χ3v) is 2.62. The summed E-state index contributed by atoms with van der Waals surface area (Å²) in [6.45, 7) is 4.17. The van der Waals surface area contributed by atoms with Crippen LogP contribution in [0.4, 0.5) is 0 Å². The van der Waals surface area contributed by atoms with E-state index in [1.54, 1.807) is 6.92 Å². The lowest BCUT2D eigenvalue weighted by atomic mass is 9.99. The molecular formula is C10H18N4O3. The first-order chi connectivity index (χ1) is 8.29. The Morgan fingerprint density at radius 1 is 1.76 bits per heavy atom. The van der Waals surface area contributed by atoms with Gasteiger partial charge < -0.3 is 14.8 Å². The van der Waals surface area contributed by atoms with Gasteiger partial charge in [-0.3, -0.25) is 4.79 Å². The van der Waals surface area contributed by atoms with Crippen LogP contribution >= 0.6 is 0 Å². The second-order valence-electron chi connectivity index (χ2n) is 3.76. The van der Waals surface area contributed by atoms with Crippen molar-refractivity contribution in [2.45, 2.75) is 19.4 Å². The molecule has 1 saturated heterocycles. The van der Waals surface area contributed by atoms with E-state index in [0.717, 1.165) is 6.42 Å².